The molecule has 124 valence electrons. The van der Waals surface area contributed by atoms with E-state index < -0.39 is 0 Å². The molecule has 0 radical (unpaired) electrons. The van der Waals surface area contributed by atoms with Crippen molar-refractivity contribution in [2.24, 2.45) is 0 Å². The Balaban J connectivity index is 1.76. The van der Waals surface area contributed by atoms with Crippen molar-refractivity contribution in [1.82, 2.24) is 4.98 Å². The molecule has 0 spiro atoms. The second-order valence-electron chi connectivity index (χ2n) is 5.72. The van der Waals surface area contributed by atoms with E-state index in [9.17, 15) is 0 Å². The van der Waals surface area contributed by atoms with E-state index in [0.29, 0.717) is 0 Å². The first kappa shape index (κ1) is 16.1. The van der Waals surface area contributed by atoms with E-state index in [1.807, 2.05) is 37.3 Å². The number of pyridine rings is 1. The molecule has 0 saturated heterocycles. The third-order valence-electron chi connectivity index (χ3n) is 4.03. The van der Waals surface area contributed by atoms with Crippen molar-refractivity contribution >= 4 is 16.6 Å². The summed E-state index contributed by atoms with van der Waals surface area (Å²) in [5.41, 5.74) is 4.34. The van der Waals surface area contributed by atoms with Crippen LogP contribution in [0.2, 0.25) is 0 Å². The number of nitrogens with zero attached hydrogens (tertiary/aromatic N) is 1. The van der Waals surface area contributed by atoms with Gasteiger partial charge in [0.25, 0.3) is 0 Å². The first-order valence-electron chi connectivity index (χ1n) is 8.02. The highest BCUT2D eigenvalue weighted by molar-refractivity contribution is 5.92. The van der Waals surface area contributed by atoms with Gasteiger partial charge < -0.3 is 14.8 Å². The minimum absolute atomic E-state index is 0.839. The highest BCUT2D eigenvalue weighted by Crippen LogP contribution is 2.27. The van der Waals surface area contributed by atoms with Crippen molar-refractivity contribution in [3.8, 4) is 11.5 Å². The molecule has 0 aliphatic heterocycles. The van der Waals surface area contributed by atoms with E-state index in [-0.39, 0.29) is 0 Å². The Bertz CT molecular complexity index is 829. The van der Waals surface area contributed by atoms with Crippen molar-refractivity contribution in [3.63, 3.8) is 0 Å². The summed E-state index contributed by atoms with van der Waals surface area (Å²) < 4.78 is 10.5. The van der Waals surface area contributed by atoms with Crippen LogP contribution in [0.4, 0.5) is 5.69 Å². The topological polar surface area (TPSA) is 43.4 Å². The van der Waals surface area contributed by atoms with Gasteiger partial charge in [-0.25, -0.2) is 0 Å². The van der Waals surface area contributed by atoms with Gasteiger partial charge in [0.05, 0.1) is 19.7 Å². The minimum Gasteiger partial charge on any atom is -0.497 e. The highest BCUT2D eigenvalue weighted by Gasteiger charge is 2.06. The Morgan fingerprint density at radius 2 is 1.62 bits per heavy atom. The van der Waals surface area contributed by atoms with Crippen LogP contribution in [-0.4, -0.2) is 25.7 Å². The fourth-order valence-corrected chi connectivity index (χ4v) is 2.74. The molecule has 0 aliphatic carbocycles. The van der Waals surface area contributed by atoms with E-state index in [4.69, 9.17) is 9.47 Å². The Labute approximate surface area is 142 Å². The molecule has 4 nitrogen and oxygen atoms in total. The molecule has 1 heterocycles. The molecule has 2 aromatic carbocycles. The van der Waals surface area contributed by atoms with Gasteiger partial charge in [-0.1, -0.05) is 12.1 Å². The predicted octanol–water partition coefficient (Wildman–Crippen LogP) is 4.22. The normalized spacial score (nSPS) is 10.6. The Morgan fingerprint density at radius 1 is 0.917 bits per heavy atom. The standard InChI is InChI=1S/C20H22N2O2/c1-14-12-20(18-13-17(24-3)8-9-19(18)22-14)21-11-10-15-4-6-16(23-2)7-5-15/h4-9,12-13H,10-11H2,1-3H3,(H,21,22). The smallest absolute Gasteiger partial charge is 0.119 e. The van der Waals surface area contributed by atoms with Crippen molar-refractivity contribution in [1.29, 1.82) is 0 Å². The molecule has 0 saturated carbocycles. The van der Waals surface area contributed by atoms with Crippen molar-refractivity contribution in [3.05, 3.63) is 59.8 Å². The predicted molar refractivity (Wildman–Crippen MR) is 98.2 cm³/mol. The molecule has 4 heteroatoms. The molecule has 0 bridgehead atoms. The molecule has 3 aromatic rings. The van der Waals surface area contributed by atoms with Crippen LogP contribution in [0.3, 0.4) is 0 Å². The monoisotopic (exact) mass is 322 g/mol. The van der Waals surface area contributed by atoms with Crippen LogP contribution in [0.25, 0.3) is 10.9 Å². The zero-order chi connectivity index (χ0) is 16.9. The Kier molecular flexibility index (Phi) is 4.85. The summed E-state index contributed by atoms with van der Waals surface area (Å²) in [6.07, 6.45) is 0.941. The molecule has 3 rings (SSSR count). The van der Waals surface area contributed by atoms with E-state index in [0.717, 1.165) is 46.7 Å². The van der Waals surface area contributed by atoms with Crippen LogP contribution in [0.15, 0.2) is 48.5 Å². The summed E-state index contributed by atoms with van der Waals surface area (Å²) in [6.45, 7) is 2.86. The van der Waals surface area contributed by atoms with Crippen molar-refractivity contribution in [2.45, 2.75) is 13.3 Å². The fraction of sp³-hybridized carbons (Fsp3) is 0.250. The summed E-state index contributed by atoms with van der Waals surface area (Å²) in [7, 11) is 3.36. The number of ether oxygens (including phenoxy) is 2. The molecular formula is C20H22N2O2. The van der Waals surface area contributed by atoms with Gasteiger partial charge in [-0.2, -0.15) is 0 Å². The lowest BCUT2D eigenvalue weighted by atomic mass is 10.1. The molecule has 0 fully saturated rings. The molecule has 1 N–H and O–H groups in total. The Morgan fingerprint density at radius 3 is 2.33 bits per heavy atom. The molecule has 1 aromatic heterocycles. The van der Waals surface area contributed by atoms with Gasteiger partial charge in [0.1, 0.15) is 11.5 Å². The summed E-state index contributed by atoms with van der Waals surface area (Å²) in [5.74, 6) is 1.72. The minimum atomic E-state index is 0.839. The summed E-state index contributed by atoms with van der Waals surface area (Å²) in [4.78, 5) is 4.59. The summed E-state index contributed by atoms with van der Waals surface area (Å²) in [5, 5.41) is 4.61. The number of fused-ring (bicyclic) bond motifs is 1. The third-order valence-corrected chi connectivity index (χ3v) is 4.03. The number of rotatable bonds is 6. The van der Waals surface area contributed by atoms with Gasteiger partial charge >= 0.3 is 0 Å². The number of methoxy groups -OCH3 is 2. The first-order valence-corrected chi connectivity index (χ1v) is 8.02. The van der Waals surface area contributed by atoms with E-state index in [1.165, 1.54) is 5.56 Å². The van der Waals surface area contributed by atoms with Crippen molar-refractivity contribution < 1.29 is 9.47 Å². The lowest BCUT2D eigenvalue weighted by Gasteiger charge is -2.12. The van der Waals surface area contributed by atoms with Gasteiger partial charge in [0, 0.05) is 23.3 Å². The maximum absolute atomic E-state index is 5.34. The van der Waals surface area contributed by atoms with Gasteiger partial charge in [-0.3, -0.25) is 4.98 Å². The van der Waals surface area contributed by atoms with Crippen LogP contribution < -0.4 is 14.8 Å². The number of hydrogen-bond donors (Lipinski definition) is 1. The average molecular weight is 322 g/mol. The molecular weight excluding hydrogens is 300 g/mol. The van der Waals surface area contributed by atoms with Crippen LogP contribution in [0, 0.1) is 6.92 Å². The quantitative estimate of drug-likeness (QED) is 0.738. The number of hydrogen-bond acceptors (Lipinski definition) is 4. The molecule has 0 amide bonds. The second-order valence-corrected chi connectivity index (χ2v) is 5.72. The van der Waals surface area contributed by atoms with Crippen molar-refractivity contribution in [2.75, 3.05) is 26.1 Å². The maximum Gasteiger partial charge on any atom is 0.119 e. The molecule has 0 aliphatic rings. The average Bonchev–Trinajstić information content (AvgIpc) is 2.62. The first-order chi connectivity index (χ1) is 11.7. The molecule has 0 atom stereocenters. The zero-order valence-electron chi connectivity index (χ0n) is 14.3. The lowest BCUT2D eigenvalue weighted by Crippen LogP contribution is -2.06. The number of aromatic nitrogens is 1. The van der Waals surface area contributed by atoms with Gasteiger partial charge in [0.2, 0.25) is 0 Å². The van der Waals surface area contributed by atoms with Gasteiger partial charge in [-0.15, -0.1) is 0 Å². The second kappa shape index (κ2) is 7.21. The van der Waals surface area contributed by atoms with Crippen LogP contribution in [0.5, 0.6) is 11.5 Å². The van der Waals surface area contributed by atoms with E-state index >= 15 is 0 Å². The van der Waals surface area contributed by atoms with Crippen LogP contribution in [-0.2, 0) is 6.42 Å². The largest absolute Gasteiger partial charge is 0.497 e. The number of benzene rings is 2. The number of aryl methyl sites for hydroxylation is 1. The number of anilines is 1. The van der Waals surface area contributed by atoms with Crippen LogP contribution >= 0.6 is 0 Å². The molecule has 0 unspecified atom stereocenters. The third kappa shape index (κ3) is 3.59. The maximum atomic E-state index is 5.34. The molecule has 24 heavy (non-hydrogen) atoms. The van der Waals surface area contributed by atoms with Crippen LogP contribution in [0.1, 0.15) is 11.3 Å². The van der Waals surface area contributed by atoms with Gasteiger partial charge in [0.15, 0.2) is 0 Å². The van der Waals surface area contributed by atoms with Gasteiger partial charge in [-0.05, 0) is 55.3 Å². The summed E-state index contributed by atoms with van der Waals surface area (Å²) >= 11 is 0. The summed E-state index contributed by atoms with van der Waals surface area (Å²) in [6, 6.07) is 16.2. The number of nitrogens with one attached hydrogen (secondary N) is 1. The Hall–Kier alpha value is -2.75. The van der Waals surface area contributed by atoms with E-state index in [2.05, 4.69) is 28.5 Å². The SMILES string of the molecule is COc1ccc(CCNc2cc(C)nc3ccc(OC)cc23)cc1. The zero-order valence-corrected chi connectivity index (χ0v) is 14.3. The van der Waals surface area contributed by atoms with E-state index in [1.54, 1.807) is 14.2 Å². The highest BCUT2D eigenvalue weighted by atomic mass is 16.5. The fourth-order valence-electron chi connectivity index (χ4n) is 2.74. The lowest BCUT2D eigenvalue weighted by molar-refractivity contribution is 0.414.